The molecule has 1 atom stereocenters. The van der Waals surface area contributed by atoms with E-state index in [0.717, 1.165) is 11.1 Å². The minimum Gasteiger partial charge on any atom is -0.481 e. The Morgan fingerprint density at radius 2 is 2.00 bits per heavy atom. The van der Waals surface area contributed by atoms with Crippen LogP contribution in [0.4, 0.5) is 0 Å². The molecule has 0 radical (unpaired) electrons. The SMILES string of the molecule is O=C(O)C[C@H](NCc1ccccc1)c1cccnc1S. The minimum absolute atomic E-state index is 0.00785. The van der Waals surface area contributed by atoms with E-state index in [1.165, 1.54) is 0 Å². The van der Waals surface area contributed by atoms with Crippen molar-refractivity contribution in [2.24, 2.45) is 0 Å². The number of aromatic nitrogens is 1. The number of hydrogen-bond donors (Lipinski definition) is 3. The van der Waals surface area contributed by atoms with Crippen molar-refractivity contribution in [2.75, 3.05) is 0 Å². The predicted molar refractivity (Wildman–Crippen MR) is 79.8 cm³/mol. The van der Waals surface area contributed by atoms with E-state index in [9.17, 15) is 4.79 Å². The highest BCUT2D eigenvalue weighted by atomic mass is 32.1. The lowest BCUT2D eigenvalue weighted by atomic mass is 10.1. The van der Waals surface area contributed by atoms with E-state index in [4.69, 9.17) is 5.11 Å². The predicted octanol–water partition coefficient (Wildman–Crippen LogP) is 2.68. The Balaban J connectivity index is 2.12. The summed E-state index contributed by atoms with van der Waals surface area (Å²) in [4.78, 5) is 15.1. The third-order valence-electron chi connectivity index (χ3n) is 2.97. The van der Waals surface area contributed by atoms with Gasteiger partial charge in [-0.25, -0.2) is 4.98 Å². The van der Waals surface area contributed by atoms with Crippen LogP contribution in [0.3, 0.4) is 0 Å². The van der Waals surface area contributed by atoms with E-state index in [-0.39, 0.29) is 12.5 Å². The van der Waals surface area contributed by atoms with Gasteiger partial charge in [-0.15, -0.1) is 12.6 Å². The van der Waals surface area contributed by atoms with Crippen LogP contribution in [0, 0.1) is 0 Å². The maximum absolute atomic E-state index is 11.0. The Morgan fingerprint density at radius 1 is 1.25 bits per heavy atom. The standard InChI is InChI=1S/C15H16N2O2S/c18-14(19)9-13(12-7-4-8-16-15(12)20)17-10-11-5-2-1-3-6-11/h1-8,13,17H,9-10H2,(H,16,20)(H,18,19)/t13-/m0/s1. The Bertz CT molecular complexity index is 575. The topological polar surface area (TPSA) is 62.2 Å². The largest absolute Gasteiger partial charge is 0.481 e. The van der Waals surface area contributed by atoms with Crippen molar-refractivity contribution in [1.82, 2.24) is 10.3 Å². The summed E-state index contributed by atoms with van der Waals surface area (Å²) >= 11 is 4.30. The number of aliphatic carboxylic acids is 1. The molecule has 0 aliphatic heterocycles. The molecule has 0 saturated carbocycles. The summed E-state index contributed by atoms with van der Waals surface area (Å²) in [6.07, 6.45) is 1.63. The number of benzene rings is 1. The van der Waals surface area contributed by atoms with Gasteiger partial charge in [0.2, 0.25) is 0 Å². The molecule has 1 aromatic heterocycles. The second kappa shape index (κ2) is 7.07. The third-order valence-corrected chi connectivity index (χ3v) is 3.34. The van der Waals surface area contributed by atoms with Gasteiger partial charge in [0, 0.05) is 24.3 Å². The molecule has 1 heterocycles. The number of hydrogen-bond acceptors (Lipinski definition) is 4. The van der Waals surface area contributed by atoms with Crippen molar-refractivity contribution < 1.29 is 9.90 Å². The van der Waals surface area contributed by atoms with E-state index < -0.39 is 5.97 Å². The number of nitrogens with zero attached hydrogens (tertiary/aromatic N) is 1. The van der Waals surface area contributed by atoms with Crippen LogP contribution in [-0.4, -0.2) is 16.1 Å². The van der Waals surface area contributed by atoms with Gasteiger partial charge in [0.15, 0.2) is 0 Å². The van der Waals surface area contributed by atoms with Crippen molar-refractivity contribution in [3.63, 3.8) is 0 Å². The summed E-state index contributed by atoms with van der Waals surface area (Å²) in [7, 11) is 0. The molecule has 0 aliphatic rings. The van der Waals surface area contributed by atoms with Gasteiger partial charge in [-0.1, -0.05) is 36.4 Å². The second-order valence-corrected chi connectivity index (χ2v) is 4.86. The molecule has 20 heavy (non-hydrogen) atoms. The van der Waals surface area contributed by atoms with Crippen molar-refractivity contribution in [1.29, 1.82) is 0 Å². The molecular formula is C15H16N2O2S. The van der Waals surface area contributed by atoms with Crippen LogP contribution < -0.4 is 5.32 Å². The Labute approximate surface area is 123 Å². The molecule has 0 amide bonds. The fraction of sp³-hybridized carbons (Fsp3) is 0.200. The lowest BCUT2D eigenvalue weighted by Gasteiger charge is -2.18. The molecule has 0 aliphatic carbocycles. The number of rotatable bonds is 6. The fourth-order valence-corrected chi connectivity index (χ4v) is 2.28. The van der Waals surface area contributed by atoms with Crippen molar-refractivity contribution in [3.05, 3.63) is 59.8 Å². The first kappa shape index (κ1) is 14.6. The molecule has 1 aromatic carbocycles. The molecule has 0 spiro atoms. The molecule has 0 saturated heterocycles. The average Bonchev–Trinajstić information content (AvgIpc) is 2.45. The summed E-state index contributed by atoms with van der Waals surface area (Å²) in [6, 6.07) is 13.2. The minimum atomic E-state index is -0.854. The van der Waals surface area contributed by atoms with Crippen LogP contribution in [0.1, 0.15) is 23.6 Å². The summed E-state index contributed by atoms with van der Waals surface area (Å²) in [5, 5.41) is 12.9. The maximum atomic E-state index is 11.0. The fourth-order valence-electron chi connectivity index (χ4n) is 1.99. The van der Waals surface area contributed by atoms with Gasteiger partial charge in [0.05, 0.1) is 11.4 Å². The van der Waals surface area contributed by atoms with Gasteiger partial charge < -0.3 is 10.4 Å². The van der Waals surface area contributed by atoms with Crippen LogP contribution in [-0.2, 0) is 11.3 Å². The van der Waals surface area contributed by atoms with Gasteiger partial charge in [0.1, 0.15) is 0 Å². The number of nitrogens with one attached hydrogen (secondary N) is 1. The lowest BCUT2D eigenvalue weighted by Crippen LogP contribution is -2.24. The zero-order valence-corrected chi connectivity index (χ0v) is 11.8. The Morgan fingerprint density at radius 3 is 2.65 bits per heavy atom. The van der Waals surface area contributed by atoms with Gasteiger partial charge in [-0.2, -0.15) is 0 Å². The lowest BCUT2D eigenvalue weighted by molar-refractivity contribution is -0.137. The molecule has 2 N–H and O–H groups in total. The van der Waals surface area contributed by atoms with Crippen LogP contribution in [0.2, 0.25) is 0 Å². The number of carbonyl (C=O) groups is 1. The molecule has 4 nitrogen and oxygen atoms in total. The van der Waals surface area contributed by atoms with E-state index >= 15 is 0 Å². The molecule has 5 heteroatoms. The monoisotopic (exact) mass is 288 g/mol. The number of carboxylic acids is 1. The number of pyridine rings is 1. The molecule has 104 valence electrons. The summed E-state index contributed by atoms with van der Waals surface area (Å²) < 4.78 is 0. The van der Waals surface area contributed by atoms with Gasteiger partial charge >= 0.3 is 5.97 Å². The molecule has 2 rings (SSSR count). The van der Waals surface area contributed by atoms with Crippen LogP contribution in [0.15, 0.2) is 53.7 Å². The summed E-state index contributed by atoms with van der Waals surface area (Å²) in [5.41, 5.74) is 1.90. The first-order valence-electron chi connectivity index (χ1n) is 6.30. The first-order valence-corrected chi connectivity index (χ1v) is 6.74. The summed E-state index contributed by atoms with van der Waals surface area (Å²) in [5.74, 6) is -0.854. The first-order chi connectivity index (χ1) is 9.66. The van der Waals surface area contributed by atoms with Crippen LogP contribution in [0.25, 0.3) is 0 Å². The number of carboxylic acid groups (broad SMARTS) is 1. The molecule has 0 fully saturated rings. The average molecular weight is 288 g/mol. The van der Waals surface area contributed by atoms with Crippen molar-refractivity contribution in [2.45, 2.75) is 24.0 Å². The Kier molecular flexibility index (Phi) is 5.15. The van der Waals surface area contributed by atoms with E-state index in [1.54, 1.807) is 12.3 Å². The highest BCUT2D eigenvalue weighted by molar-refractivity contribution is 7.80. The zero-order valence-electron chi connectivity index (χ0n) is 10.9. The molecular weight excluding hydrogens is 272 g/mol. The van der Waals surface area contributed by atoms with Gasteiger partial charge in [-0.05, 0) is 11.6 Å². The second-order valence-electron chi connectivity index (χ2n) is 4.43. The molecule has 0 bridgehead atoms. The number of thiol groups is 1. The highest BCUT2D eigenvalue weighted by Gasteiger charge is 2.17. The van der Waals surface area contributed by atoms with E-state index in [2.05, 4.69) is 22.9 Å². The van der Waals surface area contributed by atoms with Crippen LogP contribution in [0.5, 0.6) is 0 Å². The molecule has 2 aromatic rings. The Hall–Kier alpha value is -1.85. The normalized spacial score (nSPS) is 12.1. The van der Waals surface area contributed by atoms with Crippen LogP contribution >= 0.6 is 12.6 Å². The zero-order chi connectivity index (χ0) is 14.4. The quantitative estimate of drug-likeness (QED) is 0.715. The van der Waals surface area contributed by atoms with E-state index in [0.29, 0.717) is 11.6 Å². The third kappa shape index (κ3) is 4.08. The van der Waals surface area contributed by atoms with Gasteiger partial charge in [-0.3, -0.25) is 4.79 Å². The molecule has 0 unspecified atom stereocenters. The van der Waals surface area contributed by atoms with Gasteiger partial charge in [0.25, 0.3) is 0 Å². The maximum Gasteiger partial charge on any atom is 0.305 e. The van der Waals surface area contributed by atoms with E-state index in [1.807, 2.05) is 36.4 Å². The summed E-state index contributed by atoms with van der Waals surface area (Å²) in [6.45, 7) is 0.598. The van der Waals surface area contributed by atoms with Crippen molar-refractivity contribution in [3.8, 4) is 0 Å². The van der Waals surface area contributed by atoms with Crippen molar-refractivity contribution >= 4 is 18.6 Å². The smallest absolute Gasteiger partial charge is 0.305 e. The highest BCUT2D eigenvalue weighted by Crippen LogP contribution is 2.22.